The van der Waals surface area contributed by atoms with E-state index in [1.807, 2.05) is 4.90 Å². The Morgan fingerprint density at radius 2 is 2.00 bits per heavy atom. The predicted octanol–water partition coefficient (Wildman–Crippen LogP) is 1.27. The van der Waals surface area contributed by atoms with Crippen molar-refractivity contribution in [3.8, 4) is 0 Å². The summed E-state index contributed by atoms with van der Waals surface area (Å²) in [6, 6.07) is 0.285. The maximum absolute atomic E-state index is 12.6. The van der Waals surface area contributed by atoms with Gasteiger partial charge in [0.2, 0.25) is 0 Å². The fraction of sp³-hybridized carbons (Fsp3) is 0.571. The first kappa shape index (κ1) is 17.5. The summed E-state index contributed by atoms with van der Waals surface area (Å²) in [6.45, 7) is 7.78. The van der Waals surface area contributed by atoms with Crippen LogP contribution >= 0.6 is 12.4 Å². The summed E-state index contributed by atoms with van der Waals surface area (Å²) in [5, 5.41) is 3.30. The highest BCUT2D eigenvalue weighted by Crippen LogP contribution is 2.21. The van der Waals surface area contributed by atoms with Gasteiger partial charge in [0.1, 0.15) is 5.69 Å². The van der Waals surface area contributed by atoms with Gasteiger partial charge in [-0.15, -0.1) is 12.4 Å². The van der Waals surface area contributed by atoms with E-state index >= 15 is 0 Å². The van der Waals surface area contributed by atoms with E-state index < -0.39 is 5.97 Å². The Balaban J connectivity index is 0.00000220. The number of aromatic amines is 1. The molecule has 1 saturated heterocycles. The second-order valence-electron chi connectivity index (χ2n) is 5.22. The van der Waals surface area contributed by atoms with E-state index in [-0.39, 0.29) is 24.4 Å². The number of hydrogen-bond donors (Lipinski definition) is 2. The van der Waals surface area contributed by atoms with Gasteiger partial charge < -0.3 is 19.9 Å². The van der Waals surface area contributed by atoms with Crippen LogP contribution in [0.25, 0.3) is 0 Å². The molecule has 0 bridgehead atoms. The minimum atomic E-state index is -0.446. The minimum Gasteiger partial charge on any atom is -0.464 e. The molecule has 2 N–H and O–H groups in total. The van der Waals surface area contributed by atoms with Crippen molar-refractivity contribution in [1.29, 1.82) is 0 Å². The molecule has 0 saturated carbocycles. The van der Waals surface area contributed by atoms with E-state index in [9.17, 15) is 9.59 Å². The molecule has 0 radical (unpaired) electrons. The van der Waals surface area contributed by atoms with Crippen molar-refractivity contribution in [2.75, 3.05) is 26.7 Å². The van der Waals surface area contributed by atoms with Gasteiger partial charge in [0.15, 0.2) is 0 Å². The first-order valence-corrected chi connectivity index (χ1v) is 6.75. The van der Waals surface area contributed by atoms with Gasteiger partial charge in [-0.3, -0.25) is 4.79 Å². The van der Waals surface area contributed by atoms with Crippen LogP contribution in [0, 0.1) is 13.8 Å². The number of carbonyl (C=O) groups is 2. The van der Waals surface area contributed by atoms with Gasteiger partial charge in [-0.25, -0.2) is 4.79 Å². The van der Waals surface area contributed by atoms with Crippen molar-refractivity contribution >= 4 is 24.3 Å². The van der Waals surface area contributed by atoms with Crippen LogP contribution in [0.5, 0.6) is 0 Å². The fourth-order valence-corrected chi connectivity index (χ4v) is 2.65. The van der Waals surface area contributed by atoms with Gasteiger partial charge in [-0.2, -0.15) is 0 Å². The van der Waals surface area contributed by atoms with Crippen molar-refractivity contribution in [1.82, 2.24) is 15.2 Å². The number of halogens is 1. The van der Waals surface area contributed by atoms with E-state index in [1.165, 1.54) is 7.11 Å². The van der Waals surface area contributed by atoms with Crippen LogP contribution in [0.1, 0.15) is 39.0 Å². The molecule has 2 rings (SSSR count). The van der Waals surface area contributed by atoms with Crippen molar-refractivity contribution in [2.45, 2.75) is 26.8 Å². The third kappa shape index (κ3) is 3.39. The lowest BCUT2D eigenvalue weighted by molar-refractivity contribution is 0.0594. The first-order valence-electron chi connectivity index (χ1n) is 6.75. The van der Waals surface area contributed by atoms with Crippen molar-refractivity contribution < 1.29 is 14.3 Å². The van der Waals surface area contributed by atoms with Gasteiger partial charge in [-0.1, -0.05) is 0 Å². The van der Waals surface area contributed by atoms with Gasteiger partial charge >= 0.3 is 5.97 Å². The summed E-state index contributed by atoms with van der Waals surface area (Å²) in [5.41, 5.74) is 2.31. The number of carbonyl (C=O) groups excluding carboxylic acids is 2. The summed E-state index contributed by atoms with van der Waals surface area (Å²) in [5.74, 6) is -0.474. The Labute approximate surface area is 130 Å². The lowest BCUT2D eigenvalue weighted by atomic mass is 10.1. The monoisotopic (exact) mass is 315 g/mol. The summed E-state index contributed by atoms with van der Waals surface area (Å²) >= 11 is 0. The number of nitrogens with zero attached hydrogens (tertiary/aromatic N) is 1. The Bertz CT molecular complexity index is 542. The molecule has 7 heteroatoms. The van der Waals surface area contributed by atoms with Crippen LogP contribution in [0.15, 0.2) is 0 Å². The molecular weight excluding hydrogens is 294 g/mol. The van der Waals surface area contributed by atoms with Crippen LogP contribution in [-0.2, 0) is 4.74 Å². The maximum atomic E-state index is 12.6. The number of methoxy groups -OCH3 is 1. The normalized spacial score (nSPS) is 18.1. The smallest absolute Gasteiger partial charge is 0.354 e. The average Bonchev–Trinajstić information content (AvgIpc) is 2.72. The average molecular weight is 316 g/mol. The van der Waals surface area contributed by atoms with Crippen molar-refractivity contribution in [2.24, 2.45) is 0 Å². The van der Waals surface area contributed by atoms with Crippen molar-refractivity contribution in [3.63, 3.8) is 0 Å². The molecule has 2 heterocycles. The zero-order valence-electron chi connectivity index (χ0n) is 12.8. The van der Waals surface area contributed by atoms with Gasteiger partial charge in [-0.05, 0) is 26.3 Å². The number of piperazine rings is 1. The van der Waals surface area contributed by atoms with Gasteiger partial charge in [0.25, 0.3) is 5.91 Å². The van der Waals surface area contributed by atoms with E-state index in [2.05, 4.69) is 17.2 Å². The number of amides is 1. The molecule has 1 aromatic heterocycles. The molecule has 6 nitrogen and oxygen atoms in total. The second kappa shape index (κ2) is 6.95. The molecule has 1 aliphatic heterocycles. The number of esters is 1. The summed E-state index contributed by atoms with van der Waals surface area (Å²) < 4.78 is 4.72. The number of rotatable bonds is 2. The van der Waals surface area contributed by atoms with Crippen LogP contribution < -0.4 is 5.32 Å². The Kier molecular flexibility index (Phi) is 5.80. The Hall–Kier alpha value is -1.53. The quantitative estimate of drug-likeness (QED) is 0.806. The molecule has 1 fully saturated rings. The number of aryl methyl sites for hydroxylation is 1. The molecule has 118 valence electrons. The third-order valence-electron chi connectivity index (χ3n) is 3.70. The van der Waals surface area contributed by atoms with E-state index in [0.717, 1.165) is 6.54 Å². The van der Waals surface area contributed by atoms with Crippen LogP contribution in [0.3, 0.4) is 0 Å². The molecule has 0 unspecified atom stereocenters. The van der Waals surface area contributed by atoms with Crippen LogP contribution in [0.2, 0.25) is 0 Å². The first-order chi connectivity index (χ1) is 9.45. The Morgan fingerprint density at radius 1 is 1.33 bits per heavy atom. The standard InChI is InChI=1S/C14H21N3O3.ClH/c1-8-7-17(6-5-15-8)13(18)11-9(2)12(14(19)20-4)16-10(11)3;/h8,15-16H,5-7H2,1-4H3;1H/t8-;/m1./s1. The maximum Gasteiger partial charge on any atom is 0.354 e. The number of aromatic nitrogens is 1. The van der Waals surface area contributed by atoms with Crippen LogP contribution in [-0.4, -0.2) is 54.5 Å². The topological polar surface area (TPSA) is 74.4 Å². The zero-order valence-corrected chi connectivity index (χ0v) is 13.6. The third-order valence-corrected chi connectivity index (χ3v) is 3.70. The second-order valence-corrected chi connectivity index (χ2v) is 5.22. The lowest BCUT2D eigenvalue weighted by Gasteiger charge is -2.32. The van der Waals surface area contributed by atoms with E-state index in [1.54, 1.807) is 13.8 Å². The molecule has 1 aromatic rings. The summed E-state index contributed by atoms with van der Waals surface area (Å²) in [4.78, 5) is 29.1. The summed E-state index contributed by atoms with van der Waals surface area (Å²) in [7, 11) is 1.33. The zero-order chi connectivity index (χ0) is 14.9. The number of ether oxygens (including phenoxy) is 1. The molecule has 0 spiro atoms. The summed E-state index contributed by atoms with van der Waals surface area (Å²) in [6.07, 6.45) is 0. The lowest BCUT2D eigenvalue weighted by Crippen LogP contribution is -2.51. The molecule has 0 aromatic carbocycles. The highest BCUT2D eigenvalue weighted by molar-refractivity contribution is 6.01. The molecule has 1 atom stereocenters. The number of nitrogens with one attached hydrogen (secondary N) is 2. The SMILES string of the molecule is COC(=O)c1[nH]c(C)c(C(=O)N2CCN[C@H](C)C2)c1C.Cl. The molecule has 21 heavy (non-hydrogen) atoms. The van der Waals surface area contributed by atoms with Crippen molar-refractivity contribution in [3.05, 3.63) is 22.5 Å². The molecule has 0 aliphatic carbocycles. The Morgan fingerprint density at radius 3 is 2.57 bits per heavy atom. The highest BCUT2D eigenvalue weighted by atomic mass is 35.5. The predicted molar refractivity (Wildman–Crippen MR) is 82.2 cm³/mol. The molecule has 1 amide bonds. The van der Waals surface area contributed by atoms with Crippen LogP contribution in [0.4, 0.5) is 0 Å². The number of hydrogen-bond acceptors (Lipinski definition) is 4. The minimum absolute atomic E-state index is 0. The largest absolute Gasteiger partial charge is 0.464 e. The highest BCUT2D eigenvalue weighted by Gasteiger charge is 2.28. The van der Waals surface area contributed by atoms with Gasteiger partial charge in [0, 0.05) is 31.4 Å². The molecular formula is C14H22ClN3O3. The molecule has 1 aliphatic rings. The van der Waals surface area contributed by atoms with E-state index in [0.29, 0.717) is 35.6 Å². The van der Waals surface area contributed by atoms with E-state index in [4.69, 9.17) is 4.74 Å². The van der Waals surface area contributed by atoms with Gasteiger partial charge in [0.05, 0.1) is 12.7 Å². The fourth-order valence-electron chi connectivity index (χ4n) is 2.65. The number of H-pyrrole nitrogens is 1.